The van der Waals surface area contributed by atoms with E-state index in [0.29, 0.717) is 22.8 Å². The quantitative estimate of drug-likeness (QED) is 0.849. The van der Waals surface area contributed by atoms with E-state index in [0.717, 1.165) is 6.42 Å². The standard InChI is InChI=1S/C15H18ClN5O2/c1-3-4-14(22)19-11-5-6-12(16)13(7-11)20-15(23)10(2)21-9-17-8-18-21/h5-10H,3-4H2,1-2H3,(H,19,22)(H,20,23). The molecule has 0 fully saturated rings. The van der Waals surface area contributed by atoms with Gasteiger partial charge in [0.15, 0.2) is 0 Å². The molecule has 0 bridgehead atoms. The maximum Gasteiger partial charge on any atom is 0.249 e. The fourth-order valence-corrected chi connectivity index (χ4v) is 2.09. The highest BCUT2D eigenvalue weighted by Gasteiger charge is 2.17. The van der Waals surface area contributed by atoms with Crippen molar-refractivity contribution in [2.45, 2.75) is 32.7 Å². The topological polar surface area (TPSA) is 88.9 Å². The van der Waals surface area contributed by atoms with Gasteiger partial charge in [-0.3, -0.25) is 9.59 Å². The predicted octanol–water partition coefficient (Wildman–Crippen LogP) is 2.87. The van der Waals surface area contributed by atoms with Gasteiger partial charge in [-0.05, 0) is 31.5 Å². The molecule has 1 atom stereocenters. The monoisotopic (exact) mass is 335 g/mol. The molecule has 0 aliphatic carbocycles. The number of hydrogen-bond acceptors (Lipinski definition) is 4. The third-order valence-electron chi connectivity index (χ3n) is 3.20. The van der Waals surface area contributed by atoms with Crippen LogP contribution in [0.1, 0.15) is 32.7 Å². The third kappa shape index (κ3) is 4.53. The molecule has 23 heavy (non-hydrogen) atoms. The maximum atomic E-state index is 12.3. The van der Waals surface area contributed by atoms with Crippen molar-refractivity contribution >= 4 is 34.8 Å². The van der Waals surface area contributed by atoms with Crippen LogP contribution in [0.3, 0.4) is 0 Å². The van der Waals surface area contributed by atoms with Gasteiger partial charge in [0.1, 0.15) is 18.7 Å². The van der Waals surface area contributed by atoms with Crippen LogP contribution in [0.2, 0.25) is 5.02 Å². The second kappa shape index (κ2) is 7.73. The summed E-state index contributed by atoms with van der Waals surface area (Å²) in [4.78, 5) is 27.7. The first-order valence-corrected chi connectivity index (χ1v) is 7.63. The van der Waals surface area contributed by atoms with Gasteiger partial charge in [0.25, 0.3) is 0 Å². The predicted molar refractivity (Wildman–Crippen MR) is 88.4 cm³/mol. The molecule has 0 aliphatic rings. The highest BCUT2D eigenvalue weighted by molar-refractivity contribution is 6.33. The molecule has 2 amide bonds. The van der Waals surface area contributed by atoms with Crippen LogP contribution in [0, 0.1) is 0 Å². The minimum absolute atomic E-state index is 0.0805. The average Bonchev–Trinajstić information content (AvgIpc) is 3.04. The number of halogens is 1. The Labute approximate surface area is 139 Å². The Hall–Kier alpha value is -2.41. The number of rotatable bonds is 6. The highest BCUT2D eigenvalue weighted by atomic mass is 35.5. The lowest BCUT2D eigenvalue weighted by Gasteiger charge is -2.14. The van der Waals surface area contributed by atoms with Gasteiger partial charge in [-0.1, -0.05) is 18.5 Å². The van der Waals surface area contributed by atoms with Crippen molar-refractivity contribution in [1.82, 2.24) is 14.8 Å². The zero-order valence-electron chi connectivity index (χ0n) is 12.9. The molecule has 8 heteroatoms. The molecule has 122 valence electrons. The zero-order valence-corrected chi connectivity index (χ0v) is 13.7. The van der Waals surface area contributed by atoms with Gasteiger partial charge in [0.2, 0.25) is 11.8 Å². The van der Waals surface area contributed by atoms with E-state index >= 15 is 0 Å². The Morgan fingerprint density at radius 1 is 1.35 bits per heavy atom. The first-order valence-electron chi connectivity index (χ1n) is 7.25. The van der Waals surface area contributed by atoms with E-state index in [1.165, 1.54) is 17.3 Å². The summed E-state index contributed by atoms with van der Waals surface area (Å²) >= 11 is 6.11. The number of nitrogens with one attached hydrogen (secondary N) is 2. The molecule has 2 rings (SSSR count). The van der Waals surface area contributed by atoms with Gasteiger partial charge in [-0.2, -0.15) is 5.10 Å². The number of aromatic nitrogens is 3. The lowest BCUT2D eigenvalue weighted by Crippen LogP contribution is -2.24. The van der Waals surface area contributed by atoms with E-state index in [4.69, 9.17) is 11.6 Å². The Kier molecular flexibility index (Phi) is 5.70. The molecule has 1 aromatic carbocycles. The number of anilines is 2. The van der Waals surface area contributed by atoms with Gasteiger partial charge in [0.05, 0.1) is 10.7 Å². The van der Waals surface area contributed by atoms with Crippen molar-refractivity contribution in [2.24, 2.45) is 0 Å². The first kappa shape index (κ1) is 17.0. The summed E-state index contributed by atoms with van der Waals surface area (Å²) in [5, 5.41) is 9.82. The molecular weight excluding hydrogens is 318 g/mol. The van der Waals surface area contributed by atoms with Crippen molar-refractivity contribution in [3.05, 3.63) is 35.9 Å². The number of benzene rings is 1. The molecule has 7 nitrogen and oxygen atoms in total. The van der Waals surface area contributed by atoms with Crippen LogP contribution >= 0.6 is 11.6 Å². The number of carbonyl (C=O) groups is 2. The molecule has 2 N–H and O–H groups in total. The van der Waals surface area contributed by atoms with Gasteiger partial charge < -0.3 is 10.6 Å². The van der Waals surface area contributed by atoms with Crippen molar-refractivity contribution in [2.75, 3.05) is 10.6 Å². The first-order chi connectivity index (χ1) is 11.0. The minimum atomic E-state index is -0.535. The highest BCUT2D eigenvalue weighted by Crippen LogP contribution is 2.26. The van der Waals surface area contributed by atoms with E-state index < -0.39 is 6.04 Å². The second-order valence-corrected chi connectivity index (χ2v) is 5.44. The molecule has 0 saturated heterocycles. The van der Waals surface area contributed by atoms with Gasteiger partial charge in [-0.25, -0.2) is 9.67 Å². The van der Waals surface area contributed by atoms with E-state index in [9.17, 15) is 9.59 Å². The lowest BCUT2D eigenvalue weighted by molar-refractivity contribution is -0.119. The molecule has 0 radical (unpaired) electrons. The SMILES string of the molecule is CCCC(=O)Nc1ccc(Cl)c(NC(=O)C(C)n2cncn2)c1. The van der Waals surface area contributed by atoms with Crippen LogP contribution in [0.25, 0.3) is 0 Å². The van der Waals surface area contributed by atoms with Crippen LogP contribution in [-0.2, 0) is 9.59 Å². The van der Waals surface area contributed by atoms with Gasteiger partial charge in [-0.15, -0.1) is 0 Å². The number of amides is 2. The lowest BCUT2D eigenvalue weighted by atomic mass is 10.2. The molecule has 0 aliphatic heterocycles. The summed E-state index contributed by atoms with van der Waals surface area (Å²) in [5.74, 6) is -0.363. The smallest absolute Gasteiger partial charge is 0.249 e. The Balaban J connectivity index is 2.09. The number of nitrogens with zero attached hydrogens (tertiary/aromatic N) is 3. The van der Waals surface area contributed by atoms with Crippen LogP contribution in [0.4, 0.5) is 11.4 Å². The van der Waals surface area contributed by atoms with Gasteiger partial charge >= 0.3 is 0 Å². The Bertz CT molecular complexity index is 687. The summed E-state index contributed by atoms with van der Waals surface area (Å²) in [6.45, 7) is 3.63. The largest absolute Gasteiger partial charge is 0.326 e. The normalized spacial score (nSPS) is 11.8. The van der Waals surface area contributed by atoms with Crippen molar-refractivity contribution in [3.8, 4) is 0 Å². The average molecular weight is 336 g/mol. The van der Waals surface area contributed by atoms with Crippen molar-refractivity contribution in [1.29, 1.82) is 0 Å². The molecular formula is C15H18ClN5O2. The zero-order chi connectivity index (χ0) is 16.8. The third-order valence-corrected chi connectivity index (χ3v) is 3.53. The molecule has 2 aromatic rings. The van der Waals surface area contributed by atoms with Crippen molar-refractivity contribution in [3.63, 3.8) is 0 Å². The Morgan fingerprint density at radius 2 is 2.13 bits per heavy atom. The minimum Gasteiger partial charge on any atom is -0.326 e. The summed E-state index contributed by atoms with van der Waals surface area (Å²) in [5.41, 5.74) is 1.01. The molecule has 0 spiro atoms. The van der Waals surface area contributed by atoms with E-state index in [1.54, 1.807) is 25.1 Å². The van der Waals surface area contributed by atoms with Crippen LogP contribution in [-0.4, -0.2) is 26.6 Å². The van der Waals surface area contributed by atoms with Gasteiger partial charge in [0, 0.05) is 12.1 Å². The molecule has 0 saturated carbocycles. The summed E-state index contributed by atoms with van der Waals surface area (Å²) in [7, 11) is 0. The van der Waals surface area contributed by atoms with E-state index in [1.807, 2.05) is 6.92 Å². The van der Waals surface area contributed by atoms with Crippen LogP contribution in [0.15, 0.2) is 30.9 Å². The summed E-state index contributed by atoms with van der Waals surface area (Å²) in [6, 6.07) is 4.40. The second-order valence-electron chi connectivity index (χ2n) is 5.03. The van der Waals surface area contributed by atoms with E-state index in [2.05, 4.69) is 20.7 Å². The Morgan fingerprint density at radius 3 is 2.78 bits per heavy atom. The fourth-order valence-electron chi connectivity index (χ4n) is 1.92. The summed E-state index contributed by atoms with van der Waals surface area (Å²) in [6.07, 6.45) is 4.03. The van der Waals surface area contributed by atoms with Crippen LogP contribution < -0.4 is 10.6 Å². The van der Waals surface area contributed by atoms with Crippen molar-refractivity contribution < 1.29 is 9.59 Å². The van der Waals surface area contributed by atoms with E-state index in [-0.39, 0.29) is 11.8 Å². The number of carbonyl (C=O) groups excluding carboxylic acids is 2. The maximum absolute atomic E-state index is 12.3. The molecule has 1 heterocycles. The molecule has 1 unspecified atom stereocenters. The molecule has 1 aromatic heterocycles. The number of hydrogen-bond donors (Lipinski definition) is 2. The fraction of sp³-hybridized carbons (Fsp3) is 0.333. The van der Waals surface area contributed by atoms with Crippen LogP contribution in [0.5, 0.6) is 0 Å². The summed E-state index contributed by atoms with van der Waals surface area (Å²) < 4.78 is 1.44.